The van der Waals surface area contributed by atoms with Gasteiger partial charge in [0.1, 0.15) is 10.7 Å². The van der Waals surface area contributed by atoms with Crippen molar-refractivity contribution in [2.45, 2.75) is 19.6 Å². The summed E-state index contributed by atoms with van der Waals surface area (Å²) in [6.45, 7) is 3.02. The van der Waals surface area contributed by atoms with Crippen LogP contribution in [-0.2, 0) is 16.1 Å². The molecule has 0 saturated heterocycles. The molecule has 0 heterocycles. The summed E-state index contributed by atoms with van der Waals surface area (Å²) < 4.78 is 15.8. The maximum Gasteiger partial charge on any atom is 0.129 e. The minimum atomic E-state index is 0.0466. The molecule has 0 aliphatic heterocycles. The summed E-state index contributed by atoms with van der Waals surface area (Å²) in [6, 6.07) is 5.66. The number of nitrogens with two attached hydrogens (primary N) is 1. The summed E-state index contributed by atoms with van der Waals surface area (Å²) in [5.74, 6) is 0.677. The standard InChI is InChI=1S/C13H19NO3S/c1-9(7-15-2)17-8-10-4-5-12(16-3)11(6-10)13(14)18/h4-6,9H,7-8H2,1-3H3,(H2,14,18). The van der Waals surface area contributed by atoms with Gasteiger partial charge in [-0.2, -0.15) is 0 Å². The third-order valence-corrected chi connectivity index (χ3v) is 2.69. The Morgan fingerprint density at radius 3 is 2.67 bits per heavy atom. The van der Waals surface area contributed by atoms with Gasteiger partial charge in [-0.05, 0) is 24.6 Å². The van der Waals surface area contributed by atoms with Crippen LogP contribution < -0.4 is 10.5 Å². The van der Waals surface area contributed by atoms with Crippen LogP contribution in [0.15, 0.2) is 18.2 Å². The highest BCUT2D eigenvalue weighted by atomic mass is 32.1. The van der Waals surface area contributed by atoms with Crippen molar-refractivity contribution in [3.05, 3.63) is 29.3 Å². The highest BCUT2D eigenvalue weighted by Gasteiger charge is 2.08. The lowest BCUT2D eigenvalue weighted by Gasteiger charge is -2.13. The Labute approximate surface area is 113 Å². The highest BCUT2D eigenvalue weighted by molar-refractivity contribution is 7.80. The Morgan fingerprint density at radius 2 is 2.11 bits per heavy atom. The van der Waals surface area contributed by atoms with Crippen LogP contribution in [0.25, 0.3) is 0 Å². The zero-order chi connectivity index (χ0) is 13.5. The number of thiocarbonyl (C=S) groups is 1. The van der Waals surface area contributed by atoms with Crippen LogP contribution in [0, 0.1) is 0 Å². The van der Waals surface area contributed by atoms with Gasteiger partial charge in [-0.25, -0.2) is 0 Å². The molecule has 2 N–H and O–H groups in total. The Bertz CT molecular complexity index is 409. The number of ether oxygens (including phenoxy) is 3. The van der Waals surface area contributed by atoms with E-state index in [-0.39, 0.29) is 6.10 Å². The molecule has 5 heteroatoms. The normalized spacial score (nSPS) is 12.2. The molecule has 0 aliphatic rings. The first-order valence-electron chi connectivity index (χ1n) is 5.65. The smallest absolute Gasteiger partial charge is 0.129 e. The molecule has 0 bridgehead atoms. The predicted molar refractivity (Wildman–Crippen MR) is 75.0 cm³/mol. The van der Waals surface area contributed by atoms with E-state index in [1.807, 2.05) is 25.1 Å². The third kappa shape index (κ3) is 4.25. The van der Waals surface area contributed by atoms with Crippen molar-refractivity contribution in [2.75, 3.05) is 20.8 Å². The Morgan fingerprint density at radius 1 is 1.39 bits per heavy atom. The molecule has 1 atom stereocenters. The van der Waals surface area contributed by atoms with Crippen molar-refractivity contribution in [3.63, 3.8) is 0 Å². The van der Waals surface area contributed by atoms with E-state index in [1.165, 1.54) is 0 Å². The van der Waals surface area contributed by atoms with E-state index in [0.29, 0.717) is 24.0 Å². The molecule has 1 unspecified atom stereocenters. The number of rotatable bonds is 7. The van der Waals surface area contributed by atoms with Crippen molar-refractivity contribution in [1.29, 1.82) is 0 Å². The van der Waals surface area contributed by atoms with Crippen LogP contribution in [0.2, 0.25) is 0 Å². The van der Waals surface area contributed by atoms with E-state index in [0.717, 1.165) is 11.1 Å². The van der Waals surface area contributed by atoms with Crippen molar-refractivity contribution in [2.24, 2.45) is 5.73 Å². The maximum absolute atomic E-state index is 5.65. The molecule has 1 aromatic rings. The molecule has 1 aromatic carbocycles. The first-order valence-corrected chi connectivity index (χ1v) is 6.06. The lowest BCUT2D eigenvalue weighted by atomic mass is 10.1. The fourth-order valence-corrected chi connectivity index (χ4v) is 1.72. The summed E-state index contributed by atoms with van der Waals surface area (Å²) in [6.07, 6.45) is 0.0466. The van der Waals surface area contributed by atoms with Crippen LogP contribution in [-0.4, -0.2) is 31.9 Å². The average Bonchev–Trinajstić information content (AvgIpc) is 2.36. The quantitative estimate of drug-likeness (QED) is 0.766. The van der Waals surface area contributed by atoms with E-state index in [4.69, 9.17) is 32.2 Å². The summed E-state index contributed by atoms with van der Waals surface area (Å²) in [5.41, 5.74) is 7.38. The lowest BCUT2D eigenvalue weighted by molar-refractivity contribution is -0.000138. The average molecular weight is 269 g/mol. The molecular formula is C13H19NO3S. The molecule has 1 rings (SSSR count). The number of hydrogen-bond acceptors (Lipinski definition) is 4. The van der Waals surface area contributed by atoms with Gasteiger partial charge < -0.3 is 19.9 Å². The zero-order valence-corrected chi connectivity index (χ0v) is 11.8. The maximum atomic E-state index is 5.65. The molecular weight excluding hydrogens is 250 g/mol. The largest absolute Gasteiger partial charge is 0.496 e. The molecule has 0 radical (unpaired) electrons. The Balaban J connectivity index is 2.73. The van der Waals surface area contributed by atoms with Gasteiger partial charge in [0.2, 0.25) is 0 Å². The first-order chi connectivity index (χ1) is 8.58. The van der Waals surface area contributed by atoms with E-state index in [1.54, 1.807) is 14.2 Å². The van der Waals surface area contributed by atoms with E-state index in [9.17, 15) is 0 Å². The molecule has 0 spiro atoms. The fraction of sp³-hybridized carbons (Fsp3) is 0.462. The van der Waals surface area contributed by atoms with Crippen molar-refractivity contribution < 1.29 is 14.2 Å². The van der Waals surface area contributed by atoms with Gasteiger partial charge in [0.05, 0.1) is 32.0 Å². The second-order valence-electron chi connectivity index (χ2n) is 3.98. The Hall–Kier alpha value is -1.17. The van der Waals surface area contributed by atoms with E-state index in [2.05, 4.69) is 0 Å². The molecule has 18 heavy (non-hydrogen) atoms. The number of methoxy groups -OCH3 is 2. The van der Waals surface area contributed by atoms with Crippen molar-refractivity contribution in [3.8, 4) is 5.75 Å². The minimum absolute atomic E-state index is 0.0466. The summed E-state index contributed by atoms with van der Waals surface area (Å²) in [4.78, 5) is 0.318. The molecule has 0 saturated carbocycles. The lowest BCUT2D eigenvalue weighted by Crippen LogP contribution is -2.15. The second-order valence-corrected chi connectivity index (χ2v) is 4.42. The summed E-state index contributed by atoms with van der Waals surface area (Å²) in [5, 5.41) is 0. The van der Waals surface area contributed by atoms with Gasteiger partial charge >= 0.3 is 0 Å². The van der Waals surface area contributed by atoms with Gasteiger partial charge in [0.25, 0.3) is 0 Å². The molecule has 0 fully saturated rings. The number of hydrogen-bond donors (Lipinski definition) is 1. The summed E-state index contributed by atoms with van der Waals surface area (Å²) >= 11 is 4.99. The minimum Gasteiger partial charge on any atom is -0.496 e. The van der Waals surface area contributed by atoms with Gasteiger partial charge in [-0.1, -0.05) is 18.3 Å². The monoisotopic (exact) mass is 269 g/mol. The van der Waals surface area contributed by atoms with Crippen LogP contribution >= 0.6 is 12.2 Å². The van der Waals surface area contributed by atoms with Crippen LogP contribution in [0.5, 0.6) is 5.75 Å². The molecule has 100 valence electrons. The third-order valence-electron chi connectivity index (χ3n) is 2.47. The van der Waals surface area contributed by atoms with Crippen LogP contribution in [0.4, 0.5) is 0 Å². The fourth-order valence-electron chi connectivity index (χ4n) is 1.56. The van der Waals surface area contributed by atoms with Crippen molar-refractivity contribution in [1.82, 2.24) is 0 Å². The van der Waals surface area contributed by atoms with Gasteiger partial charge in [0, 0.05) is 7.11 Å². The van der Waals surface area contributed by atoms with E-state index >= 15 is 0 Å². The SMILES string of the molecule is COCC(C)OCc1ccc(OC)c(C(N)=S)c1. The molecule has 0 aromatic heterocycles. The first kappa shape index (κ1) is 14.9. The zero-order valence-electron chi connectivity index (χ0n) is 10.9. The molecule has 4 nitrogen and oxygen atoms in total. The number of benzene rings is 1. The van der Waals surface area contributed by atoms with Gasteiger partial charge in [0.15, 0.2) is 0 Å². The molecule has 0 amide bonds. The Kier molecular flexibility index (Phi) is 6.04. The highest BCUT2D eigenvalue weighted by Crippen LogP contribution is 2.20. The topological polar surface area (TPSA) is 53.7 Å². The van der Waals surface area contributed by atoms with E-state index < -0.39 is 0 Å². The predicted octanol–water partition coefficient (Wildman–Crippen LogP) is 1.88. The summed E-state index contributed by atoms with van der Waals surface area (Å²) in [7, 11) is 3.24. The van der Waals surface area contributed by atoms with Gasteiger partial charge in [-0.15, -0.1) is 0 Å². The molecule has 0 aliphatic carbocycles. The van der Waals surface area contributed by atoms with Crippen molar-refractivity contribution >= 4 is 17.2 Å². The van der Waals surface area contributed by atoms with Gasteiger partial charge in [-0.3, -0.25) is 0 Å². The van der Waals surface area contributed by atoms with Crippen LogP contribution in [0.1, 0.15) is 18.1 Å². The van der Waals surface area contributed by atoms with Crippen LogP contribution in [0.3, 0.4) is 0 Å². The second kappa shape index (κ2) is 7.31.